The van der Waals surface area contributed by atoms with Gasteiger partial charge in [0.2, 0.25) is 0 Å². The predicted molar refractivity (Wildman–Crippen MR) is 127 cm³/mol. The van der Waals surface area contributed by atoms with Crippen molar-refractivity contribution in [2.75, 3.05) is 23.8 Å². The van der Waals surface area contributed by atoms with Crippen LogP contribution in [0.3, 0.4) is 0 Å². The molecule has 0 spiro atoms. The number of imidazole rings is 1. The van der Waals surface area contributed by atoms with E-state index in [4.69, 9.17) is 9.97 Å². The summed E-state index contributed by atoms with van der Waals surface area (Å²) in [5.74, 6) is 3.29. The highest BCUT2D eigenvalue weighted by molar-refractivity contribution is 5.72. The highest BCUT2D eigenvalue weighted by Crippen LogP contribution is 2.42. The van der Waals surface area contributed by atoms with Crippen LogP contribution in [0.1, 0.15) is 41.1 Å². The second kappa shape index (κ2) is 8.27. The molecule has 1 aliphatic heterocycles. The number of rotatable bonds is 5. The van der Waals surface area contributed by atoms with E-state index in [0.717, 1.165) is 52.1 Å². The van der Waals surface area contributed by atoms with Crippen LogP contribution in [-0.4, -0.2) is 38.1 Å². The van der Waals surface area contributed by atoms with Gasteiger partial charge in [0, 0.05) is 49.6 Å². The summed E-state index contributed by atoms with van der Waals surface area (Å²) in [6.45, 7) is 6.94. The van der Waals surface area contributed by atoms with Crippen molar-refractivity contribution < 1.29 is 4.39 Å². The average molecular weight is 444 g/mol. The third kappa shape index (κ3) is 3.92. The second-order valence-corrected chi connectivity index (χ2v) is 8.55. The third-order valence-corrected chi connectivity index (χ3v) is 5.98. The molecule has 0 radical (unpaired) electrons. The van der Waals surface area contributed by atoms with Crippen molar-refractivity contribution >= 4 is 17.3 Å². The van der Waals surface area contributed by atoms with Gasteiger partial charge in [0.1, 0.15) is 35.4 Å². The van der Waals surface area contributed by atoms with Gasteiger partial charge in [-0.1, -0.05) is 13.0 Å². The number of fused-ring (bicyclic) bond motifs is 1. The van der Waals surface area contributed by atoms with Crippen molar-refractivity contribution in [3.63, 3.8) is 0 Å². The van der Waals surface area contributed by atoms with Crippen LogP contribution in [0.15, 0.2) is 49.1 Å². The van der Waals surface area contributed by atoms with Crippen LogP contribution in [0.2, 0.25) is 0 Å². The number of aromatic nitrogens is 5. The molecule has 5 rings (SSSR count). The lowest BCUT2D eigenvalue weighted by Crippen LogP contribution is -2.16. The number of nitrogens with one attached hydrogen (secondary N) is 1. The number of aryl methyl sites for hydroxylation is 2. The lowest BCUT2D eigenvalue weighted by molar-refractivity contribution is 0.627. The Bertz CT molecular complexity index is 1310. The molecule has 1 unspecified atom stereocenters. The summed E-state index contributed by atoms with van der Waals surface area (Å²) >= 11 is 0. The lowest BCUT2D eigenvalue weighted by atomic mass is 10.1. The summed E-state index contributed by atoms with van der Waals surface area (Å²) in [4.78, 5) is 20.8. The smallest absolute Gasteiger partial charge is 0.142 e. The summed E-state index contributed by atoms with van der Waals surface area (Å²) in [6, 6.07) is 8.67. The SMILES string of the molecule is CNc1nc(Cc2cnc(-n3cnc(C)c3)c(C)c2)nc2c1C(C)CN2c1ccc(F)cc1. The van der Waals surface area contributed by atoms with Gasteiger partial charge in [0.15, 0.2) is 0 Å². The van der Waals surface area contributed by atoms with Crippen molar-refractivity contribution in [3.05, 3.63) is 83.1 Å². The van der Waals surface area contributed by atoms with Crippen LogP contribution in [0, 0.1) is 19.7 Å². The van der Waals surface area contributed by atoms with Gasteiger partial charge in [-0.3, -0.25) is 4.57 Å². The molecular formula is C25H26FN7. The number of nitrogens with zero attached hydrogens (tertiary/aromatic N) is 6. The monoisotopic (exact) mass is 443 g/mol. The topological polar surface area (TPSA) is 71.8 Å². The molecular weight excluding hydrogens is 417 g/mol. The normalized spacial score (nSPS) is 15.1. The Morgan fingerprint density at radius 1 is 1.09 bits per heavy atom. The number of anilines is 3. The zero-order chi connectivity index (χ0) is 23.1. The number of hydrogen-bond acceptors (Lipinski definition) is 6. The highest BCUT2D eigenvalue weighted by Gasteiger charge is 2.32. The van der Waals surface area contributed by atoms with Crippen LogP contribution in [0.4, 0.5) is 21.7 Å². The fourth-order valence-corrected chi connectivity index (χ4v) is 4.44. The van der Waals surface area contributed by atoms with Crippen molar-refractivity contribution in [1.29, 1.82) is 0 Å². The molecule has 3 aromatic heterocycles. The number of benzene rings is 1. The molecule has 1 N–H and O–H groups in total. The first-order valence-corrected chi connectivity index (χ1v) is 11.0. The molecule has 0 bridgehead atoms. The second-order valence-electron chi connectivity index (χ2n) is 8.55. The molecule has 1 atom stereocenters. The largest absolute Gasteiger partial charge is 0.373 e. The summed E-state index contributed by atoms with van der Waals surface area (Å²) in [5, 5.41) is 3.25. The van der Waals surface area contributed by atoms with Crippen molar-refractivity contribution in [2.45, 2.75) is 33.1 Å². The molecule has 7 nitrogen and oxygen atoms in total. The molecule has 1 aliphatic rings. The Balaban J connectivity index is 1.49. The number of hydrogen-bond donors (Lipinski definition) is 1. The van der Waals surface area contributed by atoms with Gasteiger partial charge in [-0.25, -0.2) is 24.3 Å². The maximum Gasteiger partial charge on any atom is 0.142 e. The van der Waals surface area contributed by atoms with E-state index in [-0.39, 0.29) is 11.7 Å². The van der Waals surface area contributed by atoms with E-state index >= 15 is 0 Å². The van der Waals surface area contributed by atoms with Gasteiger partial charge in [-0.2, -0.15) is 0 Å². The Hall–Kier alpha value is -3.81. The number of pyridine rings is 1. The van der Waals surface area contributed by atoms with Crippen molar-refractivity contribution in [1.82, 2.24) is 24.5 Å². The summed E-state index contributed by atoms with van der Waals surface area (Å²) in [5.41, 5.74) is 5.05. The van der Waals surface area contributed by atoms with Crippen LogP contribution in [-0.2, 0) is 6.42 Å². The van der Waals surface area contributed by atoms with E-state index in [1.54, 1.807) is 18.5 Å². The minimum atomic E-state index is -0.248. The minimum Gasteiger partial charge on any atom is -0.373 e. The molecule has 0 saturated carbocycles. The Kier molecular flexibility index (Phi) is 5.28. The first-order chi connectivity index (χ1) is 15.9. The molecule has 168 valence electrons. The summed E-state index contributed by atoms with van der Waals surface area (Å²) < 4.78 is 15.4. The molecule has 4 heterocycles. The molecule has 0 saturated heterocycles. The minimum absolute atomic E-state index is 0.248. The molecule has 4 aromatic rings. The first kappa shape index (κ1) is 21.1. The number of halogens is 1. The van der Waals surface area contributed by atoms with E-state index in [9.17, 15) is 4.39 Å². The van der Waals surface area contributed by atoms with Crippen LogP contribution >= 0.6 is 0 Å². The molecule has 1 aromatic carbocycles. The van der Waals surface area contributed by atoms with Gasteiger partial charge in [0.05, 0.1) is 5.69 Å². The maximum atomic E-state index is 13.5. The highest BCUT2D eigenvalue weighted by atomic mass is 19.1. The van der Waals surface area contributed by atoms with E-state index in [2.05, 4.69) is 33.2 Å². The summed E-state index contributed by atoms with van der Waals surface area (Å²) in [7, 11) is 1.88. The fourth-order valence-electron chi connectivity index (χ4n) is 4.44. The Labute approximate surface area is 192 Å². The van der Waals surface area contributed by atoms with Crippen molar-refractivity contribution in [3.8, 4) is 5.82 Å². The molecule has 33 heavy (non-hydrogen) atoms. The van der Waals surface area contributed by atoms with Crippen molar-refractivity contribution in [2.24, 2.45) is 0 Å². The van der Waals surface area contributed by atoms with Gasteiger partial charge >= 0.3 is 0 Å². The van der Waals surface area contributed by atoms with E-state index in [1.807, 2.05) is 37.9 Å². The van der Waals surface area contributed by atoms with Gasteiger partial charge < -0.3 is 10.2 Å². The zero-order valence-electron chi connectivity index (χ0n) is 19.2. The molecule has 0 aliphatic carbocycles. The first-order valence-electron chi connectivity index (χ1n) is 11.0. The fraction of sp³-hybridized carbons (Fsp3) is 0.280. The standard InChI is InChI=1S/C25H26FN7/c1-15-9-18(11-28-24(15)32-13-17(3)29-14-32)10-21-30-23(27-4)22-16(2)12-33(25(22)31-21)20-7-5-19(26)6-8-20/h5-9,11,13-14,16H,10,12H2,1-4H3,(H,27,30,31). The molecule has 0 fully saturated rings. The zero-order valence-corrected chi connectivity index (χ0v) is 19.2. The van der Waals surface area contributed by atoms with E-state index in [0.29, 0.717) is 12.2 Å². The summed E-state index contributed by atoms with van der Waals surface area (Å²) in [6.07, 6.45) is 6.17. The Morgan fingerprint density at radius 3 is 2.55 bits per heavy atom. The molecule has 0 amide bonds. The van der Waals surface area contributed by atoms with Crippen LogP contribution < -0.4 is 10.2 Å². The Morgan fingerprint density at radius 2 is 1.88 bits per heavy atom. The van der Waals surface area contributed by atoms with Crippen LogP contribution in [0.5, 0.6) is 0 Å². The van der Waals surface area contributed by atoms with E-state index in [1.165, 1.54) is 12.1 Å². The average Bonchev–Trinajstić information content (AvgIpc) is 3.37. The van der Waals surface area contributed by atoms with E-state index < -0.39 is 0 Å². The maximum absolute atomic E-state index is 13.5. The van der Waals surface area contributed by atoms with Crippen LogP contribution in [0.25, 0.3) is 5.82 Å². The van der Waals surface area contributed by atoms with Gasteiger partial charge in [-0.15, -0.1) is 0 Å². The quantitative estimate of drug-likeness (QED) is 0.482. The lowest BCUT2D eigenvalue weighted by Gasteiger charge is -2.19. The van der Waals surface area contributed by atoms with Gasteiger partial charge in [-0.05, 0) is 49.2 Å². The predicted octanol–water partition coefficient (Wildman–Crippen LogP) is 4.70. The third-order valence-electron chi connectivity index (χ3n) is 5.98. The molecule has 8 heteroatoms. The van der Waals surface area contributed by atoms with Gasteiger partial charge in [0.25, 0.3) is 0 Å².